The normalized spacial score (nSPS) is 12.1. The quantitative estimate of drug-likeness (QED) is 0.597. The van der Waals surface area contributed by atoms with Crippen LogP contribution in [0.1, 0.15) is 44.2 Å². The van der Waals surface area contributed by atoms with Crippen molar-refractivity contribution in [3.05, 3.63) is 64.6 Å². The third kappa shape index (κ3) is 4.38. The van der Waals surface area contributed by atoms with Gasteiger partial charge in [0.15, 0.2) is 0 Å². The molecule has 0 bridgehead atoms. The number of nitrogens with one attached hydrogen (secondary N) is 1. The van der Waals surface area contributed by atoms with Crippen molar-refractivity contribution in [1.82, 2.24) is 0 Å². The molecular formula is C18H22BrN. The molecule has 1 atom stereocenters. The van der Waals surface area contributed by atoms with Gasteiger partial charge in [-0.2, -0.15) is 0 Å². The summed E-state index contributed by atoms with van der Waals surface area (Å²) < 4.78 is 1.12. The van der Waals surface area contributed by atoms with Crippen LogP contribution in [-0.4, -0.2) is 0 Å². The lowest BCUT2D eigenvalue weighted by atomic mass is 10.00. The first-order chi connectivity index (χ1) is 9.81. The Balaban J connectivity index is 2.12. The van der Waals surface area contributed by atoms with Crippen molar-refractivity contribution in [3.8, 4) is 0 Å². The molecule has 0 amide bonds. The van der Waals surface area contributed by atoms with Crippen LogP contribution >= 0.6 is 15.9 Å². The predicted molar refractivity (Wildman–Crippen MR) is 91.1 cm³/mol. The Morgan fingerprint density at radius 3 is 2.35 bits per heavy atom. The maximum Gasteiger partial charge on any atom is 0.0514 e. The van der Waals surface area contributed by atoms with Crippen LogP contribution in [0.3, 0.4) is 0 Å². The van der Waals surface area contributed by atoms with E-state index >= 15 is 0 Å². The highest BCUT2D eigenvalue weighted by Crippen LogP contribution is 2.29. The van der Waals surface area contributed by atoms with Gasteiger partial charge in [-0.25, -0.2) is 0 Å². The first-order valence-electron chi connectivity index (χ1n) is 7.37. The Bertz CT molecular complexity index is 510. The largest absolute Gasteiger partial charge is 0.377 e. The fourth-order valence-electron chi connectivity index (χ4n) is 2.37. The van der Waals surface area contributed by atoms with E-state index in [2.05, 4.69) is 76.7 Å². The second-order valence-electron chi connectivity index (χ2n) is 5.08. The van der Waals surface area contributed by atoms with Crippen LogP contribution in [0, 0.1) is 0 Å². The first kappa shape index (κ1) is 15.1. The van der Waals surface area contributed by atoms with E-state index in [0.717, 1.165) is 10.2 Å². The number of rotatable bonds is 7. The molecule has 0 aromatic heterocycles. The standard InChI is InChI=1S/C18H22BrN/c1-2-3-5-13-17(15-10-6-4-7-11-15)20-18-14-9-8-12-16(18)19/h4,6-12,14,17,20H,2-3,5,13H2,1H3. The third-order valence-corrected chi connectivity index (χ3v) is 4.19. The molecule has 0 aliphatic carbocycles. The lowest BCUT2D eigenvalue weighted by Gasteiger charge is -2.21. The van der Waals surface area contributed by atoms with Crippen molar-refractivity contribution in [2.45, 2.75) is 38.6 Å². The lowest BCUT2D eigenvalue weighted by Crippen LogP contribution is -2.11. The zero-order chi connectivity index (χ0) is 14.2. The Morgan fingerprint density at radius 1 is 0.950 bits per heavy atom. The maximum absolute atomic E-state index is 3.68. The fraction of sp³-hybridized carbons (Fsp3) is 0.333. The lowest BCUT2D eigenvalue weighted by molar-refractivity contribution is 0.606. The highest BCUT2D eigenvalue weighted by molar-refractivity contribution is 9.10. The number of halogens is 1. The van der Waals surface area contributed by atoms with E-state index < -0.39 is 0 Å². The molecule has 106 valence electrons. The summed E-state index contributed by atoms with van der Waals surface area (Å²) in [7, 11) is 0. The molecule has 0 heterocycles. The van der Waals surface area contributed by atoms with Crippen molar-refractivity contribution >= 4 is 21.6 Å². The highest BCUT2D eigenvalue weighted by Gasteiger charge is 2.11. The van der Waals surface area contributed by atoms with Crippen LogP contribution in [0.25, 0.3) is 0 Å². The minimum absolute atomic E-state index is 0.376. The molecule has 20 heavy (non-hydrogen) atoms. The Morgan fingerprint density at radius 2 is 1.65 bits per heavy atom. The number of para-hydroxylation sites is 1. The fourth-order valence-corrected chi connectivity index (χ4v) is 2.77. The van der Waals surface area contributed by atoms with Crippen LogP contribution in [0.5, 0.6) is 0 Å². The summed E-state index contributed by atoms with van der Waals surface area (Å²) in [5.41, 5.74) is 2.53. The van der Waals surface area contributed by atoms with E-state index in [1.807, 2.05) is 6.07 Å². The van der Waals surface area contributed by atoms with Gasteiger partial charge in [0.2, 0.25) is 0 Å². The number of hydrogen-bond donors (Lipinski definition) is 1. The van der Waals surface area contributed by atoms with Crippen LogP contribution in [0.4, 0.5) is 5.69 Å². The van der Waals surface area contributed by atoms with E-state index in [-0.39, 0.29) is 0 Å². The zero-order valence-electron chi connectivity index (χ0n) is 12.0. The number of unbranched alkanes of at least 4 members (excludes halogenated alkanes) is 2. The number of anilines is 1. The molecule has 0 saturated heterocycles. The van der Waals surface area contributed by atoms with Crippen LogP contribution < -0.4 is 5.32 Å². The molecule has 2 aromatic rings. The van der Waals surface area contributed by atoms with E-state index in [9.17, 15) is 0 Å². The molecule has 0 radical (unpaired) electrons. The first-order valence-corrected chi connectivity index (χ1v) is 8.16. The minimum Gasteiger partial charge on any atom is -0.377 e. The third-order valence-electron chi connectivity index (χ3n) is 3.50. The van der Waals surface area contributed by atoms with E-state index in [0.29, 0.717) is 6.04 Å². The Hall–Kier alpha value is -1.28. The summed E-state index contributed by atoms with van der Waals surface area (Å²) in [6.07, 6.45) is 4.98. The average Bonchev–Trinajstić information content (AvgIpc) is 2.49. The molecule has 2 heteroatoms. The molecule has 0 aliphatic rings. The van der Waals surface area contributed by atoms with Crippen LogP contribution in [0.15, 0.2) is 59.1 Å². The summed E-state index contributed by atoms with van der Waals surface area (Å²) in [4.78, 5) is 0. The van der Waals surface area contributed by atoms with Gasteiger partial charge in [0.1, 0.15) is 0 Å². The highest BCUT2D eigenvalue weighted by atomic mass is 79.9. The van der Waals surface area contributed by atoms with Crippen molar-refractivity contribution in [1.29, 1.82) is 0 Å². The zero-order valence-corrected chi connectivity index (χ0v) is 13.6. The topological polar surface area (TPSA) is 12.0 Å². The second kappa shape index (κ2) is 8.11. The maximum atomic E-state index is 3.68. The van der Waals surface area contributed by atoms with Crippen LogP contribution in [0.2, 0.25) is 0 Å². The number of benzene rings is 2. The van der Waals surface area contributed by atoms with Gasteiger partial charge in [0, 0.05) is 10.2 Å². The van der Waals surface area contributed by atoms with E-state index in [4.69, 9.17) is 0 Å². The van der Waals surface area contributed by atoms with Crippen molar-refractivity contribution in [3.63, 3.8) is 0 Å². The summed E-state index contributed by atoms with van der Waals surface area (Å²) in [5, 5.41) is 3.68. The van der Waals surface area contributed by atoms with Gasteiger partial charge in [-0.1, -0.05) is 68.7 Å². The molecule has 1 nitrogen and oxygen atoms in total. The second-order valence-corrected chi connectivity index (χ2v) is 5.94. The van der Waals surface area contributed by atoms with E-state index in [1.54, 1.807) is 0 Å². The van der Waals surface area contributed by atoms with Gasteiger partial charge in [-0.15, -0.1) is 0 Å². The smallest absolute Gasteiger partial charge is 0.0514 e. The monoisotopic (exact) mass is 331 g/mol. The summed E-state index contributed by atoms with van der Waals surface area (Å²) in [6.45, 7) is 2.25. The van der Waals surface area contributed by atoms with Gasteiger partial charge in [-0.3, -0.25) is 0 Å². The van der Waals surface area contributed by atoms with Crippen molar-refractivity contribution < 1.29 is 0 Å². The summed E-state index contributed by atoms with van der Waals surface area (Å²) in [5.74, 6) is 0. The van der Waals surface area contributed by atoms with Gasteiger partial charge >= 0.3 is 0 Å². The SMILES string of the molecule is CCCCCC(Nc1ccccc1Br)c1ccccc1. The van der Waals surface area contributed by atoms with E-state index in [1.165, 1.54) is 31.2 Å². The average molecular weight is 332 g/mol. The molecular weight excluding hydrogens is 310 g/mol. The predicted octanol–water partition coefficient (Wildman–Crippen LogP) is 6.18. The molecule has 0 aliphatic heterocycles. The molecule has 0 spiro atoms. The molecule has 2 rings (SSSR count). The molecule has 0 fully saturated rings. The van der Waals surface area contributed by atoms with Gasteiger partial charge in [-0.05, 0) is 40.0 Å². The molecule has 1 unspecified atom stereocenters. The Labute approximate surface area is 130 Å². The van der Waals surface area contributed by atoms with Crippen molar-refractivity contribution in [2.24, 2.45) is 0 Å². The van der Waals surface area contributed by atoms with Gasteiger partial charge < -0.3 is 5.32 Å². The summed E-state index contributed by atoms with van der Waals surface area (Å²) in [6, 6.07) is 19.4. The van der Waals surface area contributed by atoms with Gasteiger partial charge in [0.25, 0.3) is 0 Å². The molecule has 1 N–H and O–H groups in total. The number of hydrogen-bond acceptors (Lipinski definition) is 1. The van der Waals surface area contributed by atoms with Crippen LogP contribution in [-0.2, 0) is 0 Å². The van der Waals surface area contributed by atoms with Gasteiger partial charge in [0.05, 0.1) is 6.04 Å². The summed E-state index contributed by atoms with van der Waals surface area (Å²) >= 11 is 3.62. The van der Waals surface area contributed by atoms with Crippen molar-refractivity contribution in [2.75, 3.05) is 5.32 Å². The minimum atomic E-state index is 0.376. The molecule has 0 saturated carbocycles. The Kier molecular flexibility index (Phi) is 6.13. The molecule has 2 aromatic carbocycles.